The highest BCUT2D eigenvalue weighted by atomic mass is 35.5. The maximum absolute atomic E-state index is 11.7. The van der Waals surface area contributed by atoms with Crippen LogP contribution in [0.15, 0.2) is 18.2 Å². The Morgan fingerprint density at radius 1 is 1.19 bits per heavy atom. The first kappa shape index (κ1) is 19.0. The molecule has 118 valence electrons. The Hall–Kier alpha value is -1.99. The second kappa shape index (κ2) is 9.04. The van der Waals surface area contributed by atoms with Crippen molar-refractivity contribution in [2.24, 2.45) is 5.73 Å². The minimum atomic E-state index is -0.653. The van der Waals surface area contributed by atoms with Gasteiger partial charge in [0.2, 0.25) is 11.8 Å². The topological polar surface area (TPSA) is 103 Å². The zero-order valence-electron chi connectivity index (χ0n) is 12.1. The molecule has 1 rings (SSSR count). The number of rotatable bonds is 6. The number of carbonyl (C=O) groups is 2. The molecule has 0 spiro atoms. The van der Waals surface area contributed by atoms with Crippen LogP contribution in [-0.2, 0) is 9.59 Å². The Balaban J connectivity index is 0.00000400. The van der Waals surface area contributed by atoms with Crippen molar-refractivity contribution < 1.29 is 19.1 Å². The molecule has 1 aromatic rings. The van der Waals surface area contributed by atoms with E-state index in [1.807, 2.05) is 0 Å². The highest BCUT2D eigenvalue weighted by Crippen LogP contribution is 2.25. The van der Waals surface area contributed by atoms with Gasteiger partial charge in [-0.2, -0.15) is 0 Å². The number of hydrogen-bond acceptors (Lipinski definition) is 5. The number of ether oxygens (including phenoxy) is 2. The van der Waals surface area contributed by atoms with Crippen LogP contribution in [0.3, 0.4) is 0 Å². The highest BCUT2D eigenvalue weighted by molar-refractivity contribution is 5.95. The van der Waals surface area contributed by atoms with E-state index in [1.165, 1.54) is 14.2 Å². The zero-order chi connectivity index (χ0) is 15.1. The van der Waals surface area contributed by atoms with E-state index in [4.69, 9.17) is 15.2 Å². The summed E-state index contributed by atoms with van der Waals surface area (Å²) in [4.78, 5) is 22.9. The Morgan fingerprint density at radius 2 is 1.71 bits per heavy atom. The van der Waals surface area contributed by atoms with E-state index in [1.54, 1.807) is 25.1 Å². The van der Waals surface area contributed by atoms with Crippen LogP contribution in [0.2, 0.25) is 0 Å². The average Bonchev–Trinajstić information content (AvgIpc) is 2.43. The number of halogens is 1. The molecule has 0 aliphatic carbocycles. The van der Waals surface area contributed by atoms with Gasteiger partial charge in [0.15, 0.2) is 0 Å². The maximum atomic E-state index is 11.7. The van der Waals surface area contributed by atoms with E-state index >= 15 is 0 Å². The van der Waals surface area contributed by atoms with Crippen molar-refractivity contribution >= 4 is 29.9 Å². The molecule has 4 N–H and O–H groups in total. The summed E-state index contributed by atoms with van der Waals surface area (Å²) in [7, 11) is 3.03. The summed E-state index contributed by atoms with van der Waals surface area (Å²) in [6.45, 7) is 1.39. The summed E-state index contributed by atoms with van der Waals surface area (Å²) in [5, 5.41) is 5.05. The summed E-state index contributed by atoms with van der Waals surface area (Å²) in [5.74, 6) is 0.358. The lowest BCUT2D eigenvalue weighted by Crippen LogP contribution is -2.41. The van der Waals surface area contributed by atoms with Gasteiger partial charge in [-0.25, -0.2) is 0 Å². The molecule has 0 heterocycles. The lowest BCUT2D eigenvalue weighted by molar-refractivity contribution is -0.124. The third-order valence-corrected chi connectivity index (χ3v) is 2.47. The molecule has 21 heavy (non-hydrogen) atoms. The first-order valence-corrected chi connectivity index (χ1v) is 6.02. The number of carbonyl (C=O) groups excluding carboxylic acids is 2. The third-order valence-electron chi connectivity index (χ3n) is 2.47. The number of benzene rings is 1. The maximum Gasteiger partial charge on any atom is 0.243 e. The molecule has 7 nitrogen and oxygen atoms in total. The molecular weight excluding hydrogens is 298 g/mol. The van der Waals surface area contributed by atoms with E-state index in [0.717, 1.165) is 0 Å². The Kier molecular flexibility index (Phi) is 8.18. The van der Waals surface area contributed by atoms with Crippen molar-refractivity contribution in [1.82, 2.24) is 5.32 Å². The molecule has 0 saturated heterocycles. The number of nitrogens with one attached hydrogen (secondary N) is 2. The minimum absolute atomic E-state index is 0. The van der Waals surface area contributed by atoms with Crippen LogP contribution in [0, 0.1) is 0 Å². The molecule has 0 unspecified atom stereocenters. The fraction of sp³-hybridized carbons (Fsp3) is 0.385. The largest absolute Gasteiger partial charge is 0.497 e. The molecule has 1 atom stereocenters. The van der Waals surface area contributed by atoms with Crippen LogP contribution in [0.4, 0.5) is 5.69 Å². The summed E-state index contributed by atoms with van der Waals surface area (Å²) >= 11 is 0. The third kappa shape index (κ3) is 6.33. The van der Waals surface area contributed by atoms with E-state index in [0.29, 0.717) is 17.2 Å². The molecule has 0 radical (unpaired) electrons. The lowest BCUT2D eigenvalue weighted by atomic mass is 10.2. The summed E-state index contributed by atoms with van der Waals surface area (Å²) < 4.78 is 10.2. The molecule has 1 aromatic carbocycles. The Bertz CT molecular complexity index is 472. The number of amides is 2. The van der Waals surface area contributed by atoms with E-state index < -0.39 is 6.04 Å². The van der Waals surface area contributed by atoms with Crippen LogP contribution < -0.4 is 25.8 Å². The smallest absolute Gasteiger partial charge is 0.243 e. The van der Waals surface area contributed by atoms with E-state index in [-0.39, 0.29) is 30.8 Å². The normalized spacial score (nSPS) is 10.9. The van der Waals surface area contributed by atoms with Gasteiger partial charge in [-0.3, -0.25) is 9.59 Å². The van der Waals surface area contributed by atoms with Crippen molar-refractivity contribution in [2.45, 2.75) is 13.0 Å². The van der Waals surface area contributed by atoms with Crippen molar-refractivity contribution in [3.8, 4) is 11.5 Å². The SMILES string of the molecule is COc1cc(NC(=O)CNC(=O)[C@@H](C)N)cc(OC)c1.Cl. The quantitative estimate of drug-likeness (QED) is 0.710. The van der Waals surface area contributed by atoms with Gasteiger partial charge in [-0.15, -0.1) is 12.4 Å². The van der Waals surface area contributed by atoms with Gasteiger partial charge in [0, 0.05) is 23.9 Å². The molecule has 2 amide bonds. The Morgan fingerprint density at radius 3 is 2.14 bits per heavy atom. The van der Waals surface area contributed by atoms with Crippen LogP contribution in [-0.4, -0.2) is 38.6 Å². The minimum Gasteiger partial charge on any atom is -0.497 e. The standard InChI is InChI=1S/C13H19N3O4.ClH/c1-8(14)13(18)15-7-12(17)16-9-4-10(19-2)6-11(5-9)20-3;/h4-6,8H,7,14H2,1-3H3,(H,15,18)(H,16,17);1H/t8-;/m1./s1. The molecule has 0 aliphatic rings. The Labute approximate surface area is 129 Å². The van der Waals surface area contributed by atoms with Gasteiger partial charge in [0.25, 0.3) is 0 Å². The average molecular weight is 318 g/mol. The van der Waals surface area contributed by atoms with Crippen molar-refractivity contribution in [3.05, 3.63) is 18.2 Å². The van der Waals surface area contributed by atoms with Crippen LogP contribution >= 0.6 is 12.4 Å². The molecule has 8 heteroatoms. The van der Waals surface area contributed by atoms with Gasteiger partial charge in [-0.05, 0) is 6.92 Å². The summed E-state index contributed by atoms with van der Waals surface area (Å²) in [6.07, 6.45) is 0. The van der Waals surface area contributed by atoms with Gasteiger partial charge in [-0.1, -0.05) is 0 Å². The fourth-order valence-electron chi connectivity index (χ4n) is 1.41. The van der Waals surface area contributed by atoms with Crippen LogP contribution in [0.25, 0.3) is 0 Å². The predicted octanol–water partition coefficient (Wildman–Crippen LogP) is 0.528. The second-order valence-corrected chi connectivity index (χ2v) is 4.16. The number of nitrogens with two attached hydrogens (primary N) is 1. The fourth-order valence-corrected chi connectivity index (χ4v) is 1.41. The van der Waals surface area contributed by atoms with Crippen molar-refractivity contribution in [3.63, 3.8) is 0 Å². The van der Waals surface area contributed by atoms with Crippen molar-refractivity contribution in [1.29, 1.82) is 0 Å². The lowest BCUT2D eigenvalue weighted by Gasteiger charge is -2.11. The molecule has 0 aromatic heterocycles. The van der Waals surface area contributed by atoms with Gasteiger partial charge in [0.1, 0.15) is 11.5 Å². The predicted molar refractivity (Wildman–Crippen MR) is 82.1 cm³/mol. The summed E-state index contributed by atoms with van der Waals surface area (Å²) in [5.41, 5.74) is 5.89. The van der Waals surface area contributed by atoms with Crippen LogP contribution in [0.5, 0.6) is 11.5 Å². The van der Waals surface area contributed by atoms with E-state index in [2.05, 4.69) is 10.6 Å². The molecule has 0 bridgehead atoms. The van der Waals surface area contributed by atoms with Crippen LogP contribution in [0.1, 0.15) is 6.92 Å². The van der Waals surface area contributed by atoms with Gasteiger partial charge in [0.05, 0.1) is 26.8 Å². The molecule has 0 saturated carbocycles. The van der Waals surface area contributed by atoms with Crippen molar-refractivity contribution in [2.75, 3.05) is 26.1 Å². The number of hydrogen-bond donors (Lipinski definition) is 3. The molecular formula is C13H20ClN3O4. The molecule has 0 aliphatic heterocycles. The van der Waals surface area contributed by atoms with Gasteiger partial charge >= 0.3 is 0 Å². The number of anilines is 1. The van der Waals surface area contributed by atoms with E-state index in [9.17, 15) is 9.59 Å². The first-order chi connectivity index (χ1) is 9.46. The van der Waals surface area contributed by atoms with Gasteiger partial charge < -0.3 is 25.8 Å². The monoisotopic (exact) mass is 317 g/mol. The first-order valence-electron chi connectivity index (χ1n) is 6.02. The number of methoxy groups -OCH3 is 2. The summed E-state index contributed by atoms with van der Waals surface area (Å²) in [6, 6.07) is 4.33. The highest BCUT2D eigenvalue weighted by Gasteiger charge is 2.10. The molecule has 0 fully saturated rings. The zero-order valence-corrected chi connectivity index (χ0v) is 13.0. The second-order valence-electron chi connectivity index (χ2n) is 4.16.